The first-order valence-electron chi connectivity index (χ1n) is 7.03. The molecule has 0 spiro atoms. The van der Waals surface area contributed by atoms with Crippen molar-refractivity contribution in [1.29, 1.82) is 5.26 Å². The predicted octanol–water partition coefficient (Wildman–Crippen LogP) is 1.22. The molecule has 0 bridgehead atoms. The van der Waals surface area contributed by atoms with Gasteiger partial charge in [-0.2, -0.15) is 10.4 Å². The van der Waals surface area contributed by atoms with E-state index >= 15 is 0 Å². The molecular weight excluding hydrogens is 298 g/mol. The van der Waals surface area contributed by atoms with Crippen molar-refractivity contribution in [1.82, 2.24) is 15.1 Å². The second-order valence-electron chi connectivity index (χ2n) is 5.32. The fourth-order valence-electron chi connectivity index (χ4n) is 2.34. The summed E-state index contributed by atoms with van der Waals surface area (Å²) in [5.41, 5.74) is 1.36. The van der Waals surface area contributed by atoms with E-state index < -0.39 is 28.8 Å². The molecule has 1 saturated carbocycles. The van der Waals surface area contributed by atoms with Gasteiger partial charge in [-0.3, -0.25) is 14.9 Å². The zero-order chi connectivity index (χ0) is 16.4. The molecule has 1 amide bonds. The van der Waals surface area contributed by atoms with Crippen LogP contribution in [0.25, 0.3) is 5.69 Å². The first-order chi connectivity index (χ1) is 11.1. The van der Waals surface area contributed by atoms with Crippen LogP contribution >= 0.6 is 0 Å². The van der Waals surface area contributed by atoms with Crippen molar-refractivity contribution in [2.45, 2.75) is 18.5 Å². The zero-order valence-electron chi connectivity index (χ0n) is 12.0. The lowest BCUT2D eigenvalue weighted by molar-refractivity contribution is -0.497. The van der Waals surface area contributed by atoms with Gasteiger partial charge >= 0.3 is 0 Å². The molecule has 23 heavy (non-hydrogen) atoms. The van der Waals surface area contributed by atoms with Crippen LogP contribution in [0.5, 0.6) is 0 Å². The SMILES string of the molecule is N#C[C@H](NC(=O)[C@H]1C[C@@H]1[N+](=O)[O-])c1cnn(-c2ccccc2)c1. The van der Waals surface area contributed by atoms with Crippen molar-refractivity contribution < 1.29 is 9.72 Å². The van der Waals surface area contributed by atoms with E-state index in [0.29, 0.717) is 5.56 Å². The highest BCUT2D eigenvalue weighted by atomic mass is 16.6. The number of nitriles is 1. The number of nitrogens with zero attached hydrogens (tertiary/aromatic N) is 4. The first-order valence-corrected chi connectivity index (χ1v) is 7.03. The number of aromatic nitrogens is 2. The largest absolute Gasteiger partial charge is 0.336 e. The van der Waals surface area contributed by atoms with Gasteiger partial charge in [0, 0.05) is 23.1 Å². The topological polar surface area (TPSA) is 114 Å². The number of para-hydroxylation sites is 1. The van der Waals surface area contributed by atoms with Crippen molar-refractivity contribution in [3.8, 4) is 11.8 Å². The molecule has 3 atom stereocenters. The summed E-state index contributed by atoms with van der Waals surface area (Å²) in [6.45, 7) is 0. The van der Waals surface area contributed by atoms with Crippen molar-refractivity contribution in [2.24, 2.45) is 5.92 Å². The third-order valence-corrected chi connectivity index (χ3v) is 3.74. The van der Waals surface area contributed by atoms with E-state index in [-0.39, 0.29) is 6.42 Å². The van der Waals surface area contributed by atoms with E-state index in [1.807, 2.05) is 36.4 Å². The second kappa shape index (κ2) is 5.88. The van der Waals surface area contributed by atoms with Crippen LogP contribution in [-0.4, -0.2) is 26.7 Å². The Hall–Kier alpha value is -3.21. The maximum absolute atomic E-state index is 11.9. The monoisotopic (exact) mass is 311 g/mol. The van der Waals surface area contributed by atoms with E-state index in [0.717, 1.165) is 5.69 Å². The molecular formula is C15H13N5O3. The van der Waals surface area contributed by atoms with Gasteiger partial charge in [0.25, 0.3) is 0 Å². The minimum Gasteiger partial charge on any atom is -0.336 e. The molecule has 1 aromatic heterocycles. The maximum atomic E-state index is 11.9. The molecule has 1 heterocycles. The van der Waals surface area contributed by atoms with Crippen LogP contribution in [0.15, 0.2) is 42.7 Å². The normalized spacial score (nSPS) is 20.3. The molecule has 2 aromatic rings. The van der Waals surface area contributed by atoms with Crippen LogP contribution in [0.2, 0.25) is 0 Å². The number of nitrogens with one attached hydrogen (secondary N) is 1. The fraction of sp³-hybridized carbons (Fsp3) is 0.267. The molecule has 8 heteroatoms. The minimum atomic E-state index is -0.882. The number of benzene rings is 1. The standard InChI is InChI=1S/C15H13N5O3/c16-7-13(18-15(21)12-6-14(12)20(22)23)10-8-17-19(9-10)11-4-2-1-3-5-11/h1-5,8-9,12-14H,6H2,(H,18,21)/t12-,13-,14-/m0/s1. The molecule has 0 aliphatic heterocycles. The summed E-state index contributed by atoms with van der Waals surface area (Å²) in [4.78, 5) is 22.1. The Morgan fingerprint density at radius 2 is 2.22 bits per heavy atom. The summed E-state index contributed by atoms with van der Waals surface area (Å²) in [5, 5.41) is 26.6. The quantitative estimate of drug-likeness (QED) is 0.658. The Kier molecular flexibility index (Phi) is 3.76. The highest BCUT2D eigenvalue weighted by Gasteiger charge is 2.53. The van der Waals surface area contributed by atoms with Crippen molar-refractivity contribution in [3.05, 3.63) is 58.4 Å². The van der Waals surface area contributed by atoms with Gasteiger partial charge in [-0.05, 0) is 12.1 Å². The molecule has 1 aromatic carbocycles. The molecule has 0 unspecified atom stereocenters. The van der Waals surface area contributed by atoms with Crippen molar-refractivity contribution in [3.63, 3.8) is 0 Å². The van der Waals surface area contributed by atoms with Crippen LogP contribution in [0.3, 0.4) is 0 Å². The van der Waals surface area contributed by atoms with Gasteiger partial charge in [0.05, 0.1) is 18.0 Å². The second-order valence-corrected chi connectivity index (χ2v) is 5.32. The highest BCUT2D eigenvalue weighted by molar-refractivity contribution is 5.82. The smallest absolute Gasteiger partial charge is 0.231 e. The lowest BCUT2D eigenvalue weighted by Crippen LogP contribution is -2.30. The molecule has 1 aliphatic rings. The molecule has 1 N–H and O–H groups in total. The lowest BCUT2D eigenvalue weighted by atomic mass is 10.2. The Balaban J connectivity index is 1.70. The third-order valence-electron chi connectivity index (χ3n) is 3.74. The first kappa shape index (κ1) is 14.7. The Bertz CT molecular complexity index is 780. The summed E-state index contributed by atoms with van der Waals surface area (Å²) in [5.74, 6) is -1.12. The number of hydrogen-bond acceptors (Lipinski definition) is 5. The predicted molar refractivity (Wildman–Crippen MR) is 79.0 cm³/mol. The van der Waals surface area contributed by atoms with Gasteiger partial charge in [-0.25, -0.2) is 4.68 Å². The van der Waals surface area contributed by atoms with E-state index in [2.05, 4.69) is 10.4 Å². The summed E-state index contributed by atoms with van der Waals surface area (Å²) >= 11 is 0. The minimum absolute atomic E-state index is 0.222. The number of carbonyl (C=O) groups is 1. The van der Waals surface area contributed by atoms with E-state index in [9.17, 15) is 20.2 Å². The molecule has 1 aliphatic carbocycles. The molecule has 0 radical (unpaired) electrons. The Labute approximate surface area is 131 Å². The molecule has 116 valence electrons. The van der Waals surface area contributed by atoms with Crippen LogP contribution in [0, 0.1) is 27.4 Å². The van der Waals surface area contributed by atoms with Gasteiger partial charge in [0.1, 0.15) is 12.0 Å². The van der Waals surface area contributed by atoms with Crippen molar-refractivity contribution in [2.75, 3.05) is 0 Å². The van der Waals surface area contributed by atoms with Crippen LogP contribution < -0.4 is 5.32 Å². The van der Waals surface area contributed by atoms with Gasteiger partial charge in [-0.1, -0.05) is 18.2 Å². The van der Waals surface area contributed by atoms with Gasteiger partial charge in [-0.15, -0.1) is 0 Å². The molecule has 0 saturated heterocycles. The molecule has 3 rings (SSSR count). The van der Waals surface area contributed by atoms with Crippen LogP contribution in [-0.2, 0) is 4.79 Å². The number of amides is 1. The average Bonchev–Trinajstić information content (AvgIpc) is 3.23. The summed E-state index contributed by atoms with van der Waals surface area (Å²) in [6, 6.07) is 9.61. The number of rotatable bonds is 5. The highest BCUT2D eigenvalue weighted by Crippen LogP contribution is 2.33. The van der Waals surface area contributed by atoms with Gasteiger partial charge in [0.15, 0.2) is 0 Å². The zero-order valence-corrected chi connectivity index (χ0v) is 12.0. The van der Waals surface area contributed by atoms with Gasteiger partial charge in [0.2, 0.25) is 11.9 Å². The Morgan fingerprint density at radius 3 is 2.83 bits per heavy atom. The number of nitro groups is 1. The third kappa shape index (κ3) is 3.03. The molecule has 8 nitrogen and oxygen atoms in total. The number of carbonyl (C=O) groups excluding carboxylic acids is 1. The summed E-state index contributed by atoms with van der Waals surface area (Å²) in [7, 11) is 0. The van der Waals surface area contributed by atoms with Gasteiger partial charge < -0.3 is 5.32 Å². The Morgan fingerprint density at radius 1 is 1.48 bits per heavy atom. The molecule has 1 fully saturated rings. The lowest BCUT2D eigenvalue weighted by Gasteiger charge is -2.08. The maximum Gasteiger partial charge on any atom is 0.231 e. The van der Waals surface area contributed by atoms with Crippen LogP contribution in [0.1, 0.15) is 18.0 Å². The summed E-state index contributed by atoms with van der Waals surface area (Å²) in [6.07, 6.45) is 3.38. The van der Waals surface area contributed by atoms with E-state index in [4.69, 9.17) is 0 Å². The van der Waals surface area contributed by atoms with Crippen molar-refractivity contribution >= 4 is 5.91 Å². The summed E-state index contributed by atoms with van der Waals surface area (Å²) < 4.78 is 1.60. The number of hydrogen-bond donors (Lipinski definition) is 1. The average molecular weight is 311 g/mol. The fourth-order valence-corrected chi connectivity index (χ4v) is 2.34. The van der Waals surface area contributed by atoms with E-state index in [1.165, 1.54) is 6.20 Å². The van der Waals surface area contributed by atoms with Crippen LogP contribution in [0.4, 0.5) is 0 Å². The van der Waals surface area contributed by atoms with E-state index in [1.54, 1.807) is 10.9 Å².